The molecule has 0 saturated heterocycles. The number of halogens is 4. The number of carboxylic acid groups (broad SMARTS) is 1. The lowest BCUT2D eigenvalue weighted by atomic mass is 10.0. The van der Waals surface area contributed by atoms with Crippen molar-refractivity contribution in [2.45, 2.75) is 11.3 Å². The Balaban J connectivity index is 2.60. The van der Waals surface area contributed by atoms with E-state index in [-0.39, 0.29) is 5.56 Å². The van der Waals surface area contributed by atoms with Crippen LogP contribution < -0.4 is 4.74 Å². The number of carboxylic acids is 1. The van der Waals surface area contributed by atoms with E-state index in [1.807, 2.05) is 0 Å². The molecule has 2 aromatic carbocycles. The van der Waals surface area contributed by atoms with Gasteiger partial charge in [0.2, 0.25) is 5.69 Å². The maximum absolute atomic E-state index is 14.8. The summed E-state index contributed by atoms with van der Waals surface area (Å²) in [4.78, 5) is 10.5. The lowest BCUT2D eigenvalue weighted by Crippen LogP contribution is -2.21. The summed E-state index contributed by atoms with van der Waals surface area (Å²) in [5.74, 6) is -4.43. The van der Waals surface area contributed by atoms with Crippen LogP contribution in [0.5, 0.6) is 5.75 Å². The summed E-state index contributed by atoms with van der Waals surface area (Å²) < 4.78 is 82.5. The average molecular weight is 430 g/mol. The van der Waals surface area contributed by atoms with Crippen LogP contribution in [-0.4, -0.2) is 42.3 Å². The van der Waals surface area contributed by atoms with Crippen LogP contribution in [-0.2, 0) is 9.84 Å². The minimum Gasteiger partial charge on any atom is -0.476 e. The first-order valence-electron chi connectivity index (χ1n) is 7.67. The summed E-state index contributed by atoms with van der Waals surface area (Å²) in [6.07, 6.45) is -4.73. The average Bonchev–Trinajstić information content (AvgIpc) is 2.59. The van der Waals surface area contributed by atoms with Crippen LogP contribution in [0, 0.1) is 5.82 Å². The molecule has 0 amide bonds. The summed E-state index contributed by atoms with van der Waals surface area (Å²) in [5.41, 5.74) is -2.40. The van der Waals surface area contributed by atoms with Gasteiger partial charge in [-0.25, -0.2) is 17.6 Å². The molecule has 0 aliphatic rings. The van der Waals surface area contributed by atoms with Crippen LogP contribution in [0.1, 0.15) is 10.5 Å². The van der Waals surface area contributed by atoms with Crippen molar-refractivity contribution in [1.82, 2.24) is 10.2 Å². The van der Waals surface area contributed by atoms with E-state index >= 15 is 0 Å². The molecule has 0 aliphatic carbocycles. The second kappa shape index (κ2) is 6.95. The van der Waals surface area contributed by atoms with Crippen LogP contribution >= 0.6 is 0 Å². The highest BCUT2D eigenvalue weighted by Crippen LogP contribution is 2.42. The van der Waals surface area contributed by atoms with E-state index in [0.29, 0.717) is 12.3 Å². The number of fused-ring (bicyclic) bond motifs is 1. The fraction of sp³-hybridized carbons (Fsp3) is 0.118. The second-order valence-corrected chi connectivity index (χ2v) is 7.78. The summed E-state index contributed by atoms with van der Waals surface area (Å²) in [7, 11) is -4.40. The summed E-state index contributed by atoms with van der Waals surface area (Å²) in [6.45, 7) is 0. The molecule has 3 aromatic rings. The Morgan fingerprint density at radius 2 is 1.76 bits per heavy atom. The first kappa shape index (κ1) is 20.5. The number of alkyl halides is 3. The van der Waals surface area contributed by atoms with Crippen LogP contribution in [0.3, 0.4) is 0 Å². The zero-order valence-corrected chi connectivity index (χ0v) is 15.2. The van der Waals surface area contributed by atoms with Crippen molar-refractivity contribution in [3.8, 4) is 16.9 Å². The Morgan fingerprint density at radius 3 is 2.28 bits per heavy atom. The Morgan fingerprint density at radius 1 is 1.14 bits per heavy atom. The number of aromatic nitrogens is 2. The molecule has 0 unspecified atom stereocenters. The normalized spacial score (nSPS) is 12.2. The Kier molecular flexibility index (Phi) is 4.91. The van der Waals surface area contributed by atoms with E-state index in [1.165, 1.54) is 24.3 Å². The second-order valence-electron chi connectivity index (χ2n) is 5.83. The number of carbonyl (C=O) groups is 1. The number of hydrogen-bond acceptors (Lipinski definition) is 6. The maximum Gasteiger partial charge on any atom is 0.573 e. The Hall–Kier alpha value is -3.28. The van der Waals surface area contributed by atoms with Crippen LogP contribution in [0.15, 0.2) is 41.3 Å². The fourth-order valence-corrected chi connectivity index (χ4v) is 3.93. The molecular formula is C17H10F4N2O5S. The summed E-state index contributed by atoms with van der Waals surface area (Å²) in [5, 5.41) is 14.8. The van der Waals surface area contributed by atoms with Crippen LogP contribution in [0.4, 0.5) is 17.6 Å². The van der Waals surface area contributed by atoms with Crippen molar-refractivity contribution >= 4 is 26.7 Å². The quantitative estimate of drug-likeness (QED) is 0.632. The molecule has 0 bridgehead atoms. The van der Waals surface area contributed by atoms with E-state index in [1.54, 1.807) is 6.07 Å². The monoisotopic (exact) mass is 430 g/mol. The SMILES string of the molecule is CS(=O)(=O)c1c(-c2ccccc2)c(F)cc2nnc(C(=O)O)c(OC(F)(F)F)c12. The van der Waals surface area contributed by atoms with Gasteiger partial charge in [0.15, 0.2) is 15.6 Å². The van der Waals surface area contributed by atoms with Crippen molar-refractivity contribution < 1.29 is 40.6 Å². The van der Waals surface area contributed by atoms with Crippen molar-refractivity contribution in [2.75, 3.05) is 6.26 Å². The standard InChI is InChI=1S/C17H10F4N2O5S/c1-29(26,27)15-11(8-5-3-2-4-6-8)9(18)7-10-12(15)14(28-17(19,20)21)13(16(24)25)23-22-10/h2-7H,1H3,(H,24,25). The smallest absolute Gasteiger partial charge is 0.476 e. The predicted molar refractivity (Wildman–Crippen MR) is 91.7 cm³/mol. The molecule has 1 heterocycles. The number of nitrogens with zero attached hydrogens (tertiary/aromatic N) is 2. The number of rotatable bonds is 4. The van der Waals surface area contributed by atoms with Gasteiger partial charge in [-0.2, -0.15) is 0 Å². The van der Waals surface area contributed by atoms with Gasteiger partial charge < -0.3 is 9.84 Å². The molecule has 1 aromatic heterocycles. The van der Waals surface area contributed by atoms with E-state index < -0.39 is 60.8 Å². The Labute approximate surface area is 160 Å². The highest BCUT2D eigenvalue weighted by atomic mass is 32.2. The minimum atomic E-state index is -5.38. The summed E-state index contributed by atoms with van der Waals surface area (Å²) >= 11 is 0. The predicted octanol–water partition coefficient (Wildman–Crippen LogP) is 3.44. The zero-order chi connectivity index (χ0) is 21.6. The first-order chi connectivity index (χ1) is 13.4. The molecule has 0 radical (unpaired) electrons. The van der Waals surface area contributed by atoms with Gasteiger partial charge in [-0.3, -0.25) is 0 Å². The lowest BCUT2D eigenvalue weighted by molar-refractivity contribution is -0.274. The molecule has 29 heavy (non-hydrogen) atoms. The van der Waals surface area contributed by atoms with Gasteiger partial charge in [0.1, 0.15) is 11.3 Å². The number of ether oxygens (including phenoxy) is 1. The first-order valence-corrected chi connectivity index (χ1v) is 9.56. The molecule has 0 spiro atoms. The molecule has 0 saturated carbocycles. The van der Waals surface area contributed by atoms with Gasteiger partial charge in [0.05, 0.1) is 10.3 Å². The number of aromatic carboxylic acids is 1. The number of benzene rings is 2. The van der Waals surface area contributed by atoms with Gasteiger partial charge >= 0.3 is 12.3 Å². The van der Waals surface area contributed by atoms with Gasteiger partial charge in [-0.1, -0.05) is 30.3 Å². The van der Waals surface area contributed by atoms with E-state index in [0.717, 1.165) is 0 Å². The zero-order valence-electron chi connectivity index (χ0n) is 14.4. The molecule has 0 atom stereocenters. The maximum atomic E-state index is 14.8. The van der Waals surface area contributed by atoms with Crippen molar-refractivity contribution in [3.05, 3.63) is 47.9 Å². The molecule has 12 heteroatoms. The highest BCUT2D eigenvalue weighted by molar-refractivity contribution is 7.91. The van der Waals surface area contributed by atoms with E-state index in [9.17, 15) is 35.9 Å². The van der Waals surface area contributed by atoms with Crippen molar-refractivity contribution in [1.29, 1.82) is 0 Å². The molecule has 7 nitrogen and oxygen atoms in total. The molecule has 3 rings (SSSR count). The van der Waals surface area contributed by atoms with Crippen molar-refractivity contribution in [2.24, 2.45) is 0 Å². The molecule has 1 N–H and O–H groups in total. The lowest BCUT2D eigenvalue weighted by Gasteiger charge is -2.17. The van der Waals surface area contributed by atoms with Gasteiger partial charge in [0, 0.05) is 17.9 Å². The van der Waals surface area contributed by atoms with E-state index in [2.05, 4.69) is 14.9 Å². The molecule has 152 valence electrons. The highest BCUT2D eigenvalue weighted by Gasteiger charge is 2.37. The van der Waals surface area contributed by atoms with Gasteiger partial charge in [0.25, 0.3) is 0 Å². The van der Waals surface area contributed by atoms with Gasteiger partial charge in [-0.05, 0) is 5.56 Å². The fourth-order valence-electron chi connectivity index (χ4n) is 2.78. The summed E-state index contributed by atoms with van der Waals surface area (Å²) in [6, 6.07) is 7.84. The third kappa shape index (κ3) is 3.97. The third-order valence-corrected chi connectivity index (χ3v) is 4.92. The number of sulfone groups is 1. The van der Waals surface area contributed by atoms with Gasteiger partial charge in [-0.15, -0.1) is 23.4 Å². The van der Waals surface area contributed by atoms with Crippen molar-refractivity contribution in [3.63, 3.8) is 0 Å². The molecule has 0 aliphatic heterocycles. The topological polar surface area (TPSA) is 106 Å². The minimum absolute atomic E-state index is 0.0407. The van der Waals surface area contributed by atoms with E-state index in [4.69, 9.17) is 0 Å². The van der Waals surface area contributed by atoms with Crippen LogP contribution in [0.2, 0.25) is 0 Å². The molecular weight excluding hydrogens is 420 g/mol. The number of hydrogen-bond donors (Lipinski definition) is 1. The van der Waals surface area contributed by atoms with Crippen LogP contribution in [0.25, 0.3) is 22.0 Å². The Bertz CT molecular complexity index is 1230. The largest absolute Gasteiger partial charge is 0.573 e. The third-order valence-electron chi connectivity index (χ3n) is 3.77. The molecule has 0 fully saturated rings.